The highest BCUT2D eigenvalue weighted by Crippen LogP contribution is 2.34. The van der Waals surface area contributed by atoms with Crippen LogP contribution in [0.1, 0.15) is 10.4 Å². The van der Waals surface area contributed by atoms with E-state index in [0.29, 0.717) is 16.1 Å². The average Bonchev–Trinajstić information content (AvgIpc) is 2.40. The SMILES string of the molecule is O=C(O)c1ccc(-c2cc(O)ccc2Cl)cc1[N+](=O)[O-]. The lowest BCUT2D eigenvalue weighted by molar-refractivity contribution is -0.385. The molecule has 0 saturated heterocycles. The van der Waals surface area contributed by atoms with E-state index in [1.54, 1.807) is 0 Å². The molecule has 0 saturated carbocycles. The molecule has 102 valence electrons. The molecule has 6 nitrogen and oxygen atoms in total. The zero-order chi connectivity index (χ0) is 14.9. The van der Waals surface area contributed by atoms with Crippen molar-refractivity contribution < 1.29 is 19.9 Å². The van der Waals surface area contributed by atoms with Crippen LogP contribution in [0, 0.1) is 10.1 Å². The number of halogens is 1. The second-order valence-corrected chi connectivity index (χ2v) is 4.37. The molecule has 2 aromatic carbocycles. The van der Waals surface area contributed by atoms with Gasteiger partial charge in [0, 0.05) is 16.7 Å². The van der Waals surface area contributed by atoms with Crippen molar-refractivity contribution in [2.45, 2.75) is 0 Å². The van der Waals surface area contributed by atoms with E-state index in [-0.39, 0.29) is 5.75 Å². The molecule has 0 bridgehead atoms. The van der Waals surface area contributed by atoms with Gasteiger partial charge in [0.1, 0.15) is 11.3 Å². The number of carboxylic acid groups (broad SMARTS) is 1. The molecule has 2 rings (SSSR count). The molecule has 0 unspecified atom stereocenters. The van der Waals surface area contributed by atoms with Crippen LogP contribution in [0.5, 0.6) is 5.75 Å². The molecule has 0 heterocycles. The van der Waals surface area contributed by atoms with Crippen LogP contribution in [0.3, 0.4) is 0 Å². The smallest absolute Gasteiger partial charge is 0.342 e. The predicted octanol–water partition coefficient (Wildman–Crippen LogP) is 3.32. The molecule has 0 aliphatic carbocycles. The molecule has 7 heteroatoms. The molecule has 20 heavy (non-hydrogen) atoms. The number of nitrogens with zero attached hydrogens (tertiary/aromatic N) is 1. The molecule has 0 atom stereocenters. The molecular formula is C13H8ClNO5. The van der Waals surface area contributed by atoms with E-state index in [1.165, 1.54) is 24.3 Å². The van der Waals surface area contributed by atoms with E-state index in [0.717, 1.165) is 12.1 Å². The van der Waals surface area contributed by atoms with Gasteiger partial charge in [-0.3, -0.25) is 10.1 Å². The van der Waals surface area contributed by atoms with Gasteiger partial charge in [0.2, 0.25) is 0 Å². The summed E-state index contributed by atoms with van der Waals surface area (Å²) in [4.78, 5) is 21.1. The Hall–Kier alpha value is -2.60. The molecule has 0 amide bonds. The number of nitro benzene ring substituents is 1. The number of phenols is 1. The molecule has 0 aliphatic heterocycles. The highest BCUT2D eigenvalue weighted by molar-refractivity contribution is 6.33. The maximum Gasteiger partial charge on any atom is 0.342 e. The van der Waals surface area contributed by atoms with Crippen LogP contribution in [0.2, 0.25) is 5.02 Å². The number of hydrogen-bond acceptors (Lipinski definition) is 4. The number of aromatic hydroxyl groups is 1. The monoisotopic (exact) mass is 293 g/mol. The summed E-state index contributed by atoms with van der Waals surface area (Å²) in [6.45, 7) is 0. The van der Waals surface area contributed by atoms with Gasteiger partial charge in [-0.2, -0.15) is 0 Å². The lowest BCUT2D eigenvalue weighted by Crippen LogP contribution is -2.02. The summed E-state index contributed by atoms with van der Waals surface area (Å²) < 4.78 is 0. The summed E-state index contributed by atoms with van der Waals surface area (Å²) in [5, 5.41) is 29.6. The number of benzene rings is 2. The number of carbonyl (C=O) groups is 1. The number of phenolic OH excluding ortho intramolecular Hbond substituents is 1. The zero-order valence-electron chi connectivity index (χ0n) is 9.91. The van der Waals surface area contributed by atoms with Gasteiger partial charge < -0.3 is 10.2 Å². The van der Waals surface area contributed by atoms with E-state index in [2.05, 4.69) is 0 Å². The third kappa shape index (κ3) is 2.55. The van der Waals surface area contributed by atoms with Crippen molar-refractivity contribution in [1.29, 1.82) is 0 Å². The maximum atomic E-state index is 10.9. The first-order valence-corrected chi connectivity index (χ1v) is 5.78. The minimum absolute atomic E-state index is 0.0469. The van der Waals surface area contributed by atoms with Crippen molar-refractivity contribution in [3.8, 4) is 16.9 Å². The van der Waals surface area contributed by atoms with E-state index in [9.17, 15) is 20.0 Å². The van der Waals surface area contributed by atoms with E-state index >= 15 is 0 Å². The molecule has 0 aromatic heterocycles. The topological polar surface area (TPSA) is 101 Å². The Balaban J connectivity index is 2.65. The van der Waals surface area contributed by atoms with E-state index in [1.807, 2.05) is 0 Å². The Kier molecular flexibility index (Phi) is 3.58. The van der Waals surface area contributed by atoms with Crippen LogP contribution in [-0.2, 0) is 0 Å². The van der Waals surface area contributed by atoms with Crippen molar-refractivity contribution >= 4 is 23.3 Å². The van der Waals surface area contributed by atoms with Crippen LogP contribution in [0.4, 0.5) is 5.69 Å². The fourth-order valence-electron chi connectivity index (χ4n) is 1.77. The summed E-state index contributed by atoms with van der Waals surface area (Å²) in [5.41, 5.74) is -0.209. The Labute approximate surface area is 118 Å². The second kappa shape index (κ2) is 5.18. The highest BCUT2D eigenvalue weighted by Gasteiger charge is 2.21. The predicted molar refractivity (Wildman–Crippen MR) is 72.2 cm³/mol. The standard InChI is InChI=1S/C13H8ClNO5/c14-11-4-2-8(16)6-10(11)7-1-3-9(13(17)18)12(5-7)15(19)20/h1-6,16H,(H,17,18). The van der Waals surface area contributed by atoms with Crippen LogP contribution in [0.25, 0.3) is 11.1 Å². The molecule has 2 N–H and O–H groups in total. The van der Waals surface area contributed by atoms with Crippen molar-refractivity contribution in [2.75, 3.05) is 0 Å². The Morgan fingerprint density at radius 3 is 2.50 bits per heavy atom. The average molecular weight is 294 g/mol. The van der Waals surface area contributed by atoms with Crippen molar-refractivity contribution in [1.82, 2.24) is 0 Å². The fourth-order valence-corrected chi connectivity index (χ4v) is 1.99. The number of carboxylic acids is 1. The number of aromatic carboxylic acids is 1. The molecule has 0 fully saturated rings. The largest absolute Gasteiger partial charge is 0.508 e. The van der Waals surface area contributed by atoms with Crippen LogP contribution in [0.15, 0.2) is 36.4 Å². The van der Waals surface area contributed by atoms with E-state index in [4.69, 9.17) is 16.7 Å². The Morgan fingerprint density at radius 1 is 1.20 bits per heavy atom. The highest BCUT2D eigenvalue weighted by atomic mass is 35.5. The molecule has 0 radical (unpaired) electrons. The van der Waals surface area contributed by atoms with Gasteiger partial charge >= 0.3 is 5.97 Å². The third-order valence-electron chi connectivity index (χ3n) is 2.69. The van der Waals surface area contributed by atoms with Crippen molar-refractivity contribution in [3.63, 3.8) is 0 Å². The van der Waals surface area contributed by atoms with Gasteiger partial charge in [0.25, 0.3) is 5.69 Å². The molecule has 2 aromatic rings. The van der Waals surface area contributed by atoms with Crippen molar-refractivity contribution in [3.05, 3.63) is 57.1 Å². The number of rotatable bonds is 3. The minimum atomic E-state index is -1.38. The van der Waals surface area contributed by atoms with Gasteiger partial charge in [0.05, 0.1) is 4.92 Å². The zero-order valence-corrected chi connectivity index (χ0v) is 10.7. The van der Waals surface area contributed by atoms with Crippen LogP contribution >= 0.6 is 11.6 Å². The Bertz CT molecular complexity index is 714. The first-order chi connectivity index (χ1) is 9.40. The van der Waals surface area contributed by atoms with Gasteiger partial charge in [-0.05, 0) is 29.8 Å². The first kappa shape index (κ1) is 13.8. The molecule has 0 spiro atoms. The fraction of sp³-hybridized carbons (Fsp3) is 0. The van der Waals surface area contributed by atoms with Crippen LogP contribution in [-0.4, -0.2) is 21.1 Å². The van der Waals surface area contributed by atoms with Gasteiger partial charge in [-0.1, -0.05) is 17.7 Å². The normalized spacial score (nSPS) is 10.2. The Morgan fingerprint density at radius 2 is 1.90 bits per heavy atom. The minimum Gasteiger partial charge on any atom is -0.508 e. The summed E-state index contributed by atoms with van der Waals surface area (Å²) in [5.74, 6) is -1.43. The number of nitro groups is 1. The quantitative estimate of drug-likeness (QED) is 0.668. The third-order valence-corrected chi connectivity index (χ3v) is 3.02. The lowest BCUT2D eigenvalue weighted by atomic mass is 10.0. The molecular weight excluding hydrogens is 286 g/mol. The summed E-state index contributed by atoms with van der Waals surface area (Å²) in [6.07, 6.45) is 0. The maximum absolute atomic E-state index is 10.9. The van der Waals surface area contributed by atoms with Gasteiger partial charge in [0.15, 0.2) is 0 Å². The summed E-state index contributed by atoms with van der Waals surface area (Å²) >= 11 is 5.97. The van der Waals surface area contributed by atoms with E-state index < -0.39 is 22.1 Å². The van der Waals surface area contributed by atoms with Crippen molar-refractivity contribution in [2.24, 2.45) is 0 Å². The summed E-state index contributed by atoms with van der Waals surface area (Å²) in [7, 11) is 0. The van der Waals surface area contributed by atoms with Gasteiger partial charge in [-0.25, -0.2) is 4.79 Å². The summed E-state index contributed by atoms with van der Waals surface area (Å²) in [6, 6.07) is 7.83. The lowest BCUT2D eigenvalue weighted by Gasteiger charge is -2.06. The van der Waals surface area contributed by atoms with Gasteiger partial charge in [-0.15, -0.1) is 0 Å². The second-order valence-electron chi connectivity index (χ2n) is 3.96. The first-order valence-electron chi connectivity index (χ1n) is 5.41. The number of hydrogen-bond donors (Lipinski definition) is 2. The molecule has 0 aliphatic rings. The van der Waals surface area contributed by atoms with Crippen LogP contribution < -0.4 is 0 Å².